The summed E-state index contributed by atoms with van der Waals surface area (Å²) in [5, 5.41) is 0. The number of ether oxygens (including phenoxy) is 3. The first-order chi connectivity index (χ1) is 33.5. The van der Waals surface area contributed by atoms with Crippen LogP contribution in [0.15, 0.2) is 85.1 Å². The summed E-state index contributed by atoms with van der Waals surface area (Å²) in [4.78, 5) is 38.0. The Kier molecular flexibility index (Phi) is 53.4. The molecule has 0 amide bonds. The van der Waals surface area contributed by atoms with E-state index in [2.05, 4.69) is 106 Å². The summed E-state index contributed by atoms with van der Waals surface area (Å²) in [6, 6.07) is 0. The molecule has 68 heavy (non-hydrogen) atoms. The highest BCUT2D eigenvalue weighted by Gasteiger charge is 2.19. The minimum atomic E-state index is -0.796. The van der Waals surface area contributed by atoms with Gasteiger partial charge in [0.1, 0.15) is 13.2 Å². The van der Waals surface area contributed by atoms with Crippen molar-refractivity contribution in [1.82, 2.24) is 0 Å². The van der Waals surface area contributed by atoms with Crippen LogP contribution in [0, 0.1) is 0 Å². The van der Waals surface area contributed by atoms with Gasteiger partial charge in [0.2, 0.25) is 0 Å². The monoisotopic (exact) mass is 947 g/mol. The van der Waals surface area contributed by atoms with E-state index in [1.165, 1.54) is 135 Å². The molecule has 6 nitrogen and oxygen atoms in total. The Morgan fingerprint density at radius 1 is 0.309 bits per heavy atom. The van der Waals surface area contributed by atoms with E-state index >= 15 is 0 Å². The van der Waals surface area contributed by atoms with Crippen LogP contribution in [0.3, 0.4) is 0 Å². The highest BCUT2D eigenvalue weighted by atomic mass is 16.6. The molecule has 0 aromatic heterocycles. The number of hydrogen-bond donors (Lipinski definition) is 0. The van der Waals surface area contributed by atoms with Gasteiger partial charge in [0.25, 0.3) is 0 Å². The van der Waals surface area contributed by atoms with E-state index in [1.54, 1.807) is 0 Å². The van der Waals surface area contributed by atoms with E-state index in [9.17, 15) is 14.4 Å². The van der Waals surface area contributed by atoms with Crippen LogP contribution in [0.1, 0.15) is 271 Å². The second-order valence-corrected chi connectivity index (χ2v) is 18.8. The summed E-state index contributed by atoms with van der Waals surface area (Å²) in [7, 11) is 0. The van der Waals surface area contributed by atoms with Gasteiger partial charge in [0.05, 0.1) is 0 Å². The number of rotatable bonds is 51. The van der Waals surface area contributed by atoms with Crippen LogP contribution in [-0.4, -0.2) is 37.2 Å². The van der Waals surface area contributed by atoms with Gasteiger partial charge < -0.3 is 14.2 Å². The third-order valence-corrected chi connectivity index (χ3v) is 12.2. The van der Waals surface area contributed by atoms with E-state index in [1.807, 2.05) is 0 Å². The number of esters is 3. The normalized spacial score (nSPS) is 12.7. The first kappa shape index (κ1) is 64.6. The van der Waals surface area contributed by atoms with Crippen LogP contribution >= 0.6 is 0 Å². The molecule has 0 saturated heterocycles. The van der Waals surface area contributed by atoms with Gasteiger partial charge in [0, 0.05) is 19.3 Å². The Labute approximate surface area is 420 Å². The molecule has 390 valence electrons. The Hall–Kier alpha value is -3.41. The van der Waals surface area contributed by atoms with Gasteiger partial charge in [-0.15, -0.1) is 0 Å². The first-order valence-corrected chi connectivity index (χ1v) is 28.6. The number of carbonyl (C=O) groups excluding carboxylic acids is 3. The van der Waals surface area contributed by atoms with Crippen molar-refractivity contribution in [2.24, 2.45) is 0 Å². The first-order valence-electron chi connectivity index (χ1n) is 28.6. The maximum atomic E-state index is 12.8. The van der Waals surface area contributed by atoms with Crippen LogP contribution in [0.2, 0.25) is 0 Å². The van der Waals surface area contributed by atoms with Crippen molar-refractivity contribution in [1.29, 1.82) is 0 Å². The smallest absolute Gasteiger partial charge is 0.306 e. The molecule has 0 aliphatic rings. The fourth-order valence-electron chi connectivity index (χ4n) is 7.90. The van der Waals surface area contributed by atoms with E-state index < -0.39 is 6.10 Å². The lowest BCUT2D eigenvalue weighted by Gasteiger charge is -2.18. The predicted molar refractivity (Wildman–Crippen MR) is 293 cm³/mol. The van der Waals surface area contributed by atoms with Crippen LogP contribution < -0.4 is 0 Å². The number of carbonyl (C=O) groups is 3. The van der Waals surface area contributed by atoms with E-state index in [0.29, 0.717) is 19.3 Å². The van der Waals surface area contributed by atoms with Gasteiger partial charge in [-0.05, 0) is 70.6 Å². The van der Waals surface area contributed by atoms with E-state index in [4.69, 9.17) is 14.2 Å². The molecule has 0 spiro atoms. The highest BCUT2D eigenvalue weighted by molar-refractivity contribution is 5.71. The van der Waals surface area contributed by atoms with Crippen LogP contribution in [0.4, 0.5) is 0 Å². The van der Waals surface area contributed by atoms with Crippen molar-refractivity contribution >= 4 is 17.9 Å². The molecule has 0 bridgehead atoms. The van der Waals surface area contributed by atoms with Gasteiger partial charge in [0.15, 0.2) is 6.10 Å². The average Bonchev–Trinajstić information content (AvgIpc) is 3.34. The van der Waals surface area contributed by atoms with Crippen LogP contribution in [0.25, 0.3) is 0 Å². The van der Waals surface area contributed by atoms with Crippen molar-refractivity contribution < 1.29 is 28.6 Å². The topological polar surface area (TPSA) is 78.9 Å². The molecule has 0 fully saturated rings. The lowest BCUT2D eigenvalue weighted by molar-refractivity contribution is -0.167. The zero-order valence-corrected chi connectivity index (χ0v) is 44.6. The number of allylic oxidation sites excluding steroid dienone is 14. The molecule has 0 aromatic rings. The average molecular weight is 948 g/mol. The van der Waals surface area contributed by atoms with Crippen molar-refractivity contribution in [2.75, 3.05) is 13.2 Å². The molecule has 0 radical (unpaired) electrons. The molecule has 0 aliphatic heterocycles. The van der Waals surface area contributed by atoms with Crippen molar-refractivity contribution in [3.05, 3.63) is 85.1 Å². The predicted octanol–water partition coefficient (Wildman–Crippen LogP) is 19.2. The second-order valence-electron chi connectivity index (χ2n) is 18.8. The molecular formula is C62H106O6. The largest absolute Gasteiger partial charge is 0.462 e. The molecule has 0 heterocycles. The molecular weight excluding hydrogens is 841 g/mol. The maximum absolute atomic E-state index is 12.8. The zero-order chi connectivity index (χ0) is 49.3. The Morgan fingerprint density at radius 2 is 0.574 bits per heavy atom. The summed E-state index contributed by atoms with van der Waals surface area (Å²) in [6.07, 6.45) is 73.0. The summed E-state index contributed by atoms with van der Waals surface area (Å²) >= 11 is 0. The molecule has 6 heteroatoms. The van der Waals surface area contributed by atoms with Gasteiger partial charge >= 0.3 is 17.9 Å². The summed E-state index contributed by atoms with van der Waals surface area (Å²) in [6.45, 7) is 6.48. The molecule has 0 aromatic carbocycles. The van der Waals surface area contributed by atoms with Crippen LogP contribution in [0.5, 0.6) is 0 Å². The fraction of sp³-hybridized carbons (Fsp3) is 0.726. The van der Waals surface area contributed by atoms with Gasteiger partial charge in [-0.2, -0.15) is 0 Å². The third-order valence-electron chi connectivity index (χ3n) is 12.2. The molecule has 1 atom stereocenters. The Morgan fingerprint density at radius 3 is 0.897 bits per heavy atom. The van der Waals surface area contributed by atoms with E-state index in [0.717, 1.165) is 89.9 Å². The fourth-order valence-corrected chi connectivity index (χ4v) is 7.90. The Balaban J connectivity index is 4.40. The second kappa shape index (κ2) is 56.2. The zero-order valence-electron chi connectivity index (χ0n) is 44.6. The minimum absolute atomic E-state index is 0.0913. The van der Waals surface area contributed by atoms with Gasteiger partial charge in [-0.1, -0.05) is 266 Å². The standard InChI is InChI=1S/C62H106O6/c1-4-7-10-13-16-19-22-24-26-28-29-30-31-32-33-35-36-38-40-43-46-49-52-55-61(64)67-58-59(57-66-60(63)54-51-48-45-42-21-18-15-12-9-6-3)68-62(65)56-53-50-47-44-41-39-37-34-27-25-23-20-17-14-11-8-5-2/h7,10,16,19,24,26,29-30,32-33,36,38,43,46,59H,4-6,8-9,11-15,17-18,20-23,25,27-28,31,34-35,37,39-42,44-45,47-58H2,1-3H3/b10-7-,19-16-,26-24-,30-29-,33-32-,38-36-,46-43-. The number of hydrogen-bond acceptors (Lipinski definition) is 6. The van der Waals surface area contributed by atoms with E-state index in [-0.39, 0.29) is 37.5 Å². The Bertz CT molecular complexity index is 1320. The van der Waals surface area contributed by atoms with Crippen LogP contribution in [-0.2, 0) is 28.6 Å². The highest BCUT2D eigenvalue weighted by Crippen LogP contribution is 2.16. The number of unbranched alkanes of at least 4 members (excludes halogenated alkanes) is 26. The summed E-state index contributed by atoms with van der Waals surface area (Å²) in [5.74, 6) is -0.947. The summed E-state index contributed by atoms with van der Waals surface area (Å²) in [5.41, 5.74) is 0. The van der Waals surface area contributed by atoms with Crippen molar-refractivity contribution in [2.45, 2.75) is 277 Å². The molecule has 0 N–H and O–H groups in total. The van der Waals surface area contributed by atoms with Crippen molar-refractivity contribution in [3.8, 4) is 0 Å². The summed E-state index contributed by atoms with van der Waals surface area (Å²) < 4.78 is 16.8. The molecule has 0 saturated carbocycles. The van der Waals surface area contributed by atoms with Gasteiger partial charge in [-0.25, -0.2) is 0 Å². The lowest BCUT2D eigenvalue weighted by atomic mass is 10.0. The molecule has 1 unspecified atom stereocenters. The van der Waals surface area contributed by atoms with Crippen molar-refractivity contribution in [3.63, 3.8) is 0 Å². The van der Waals surface area contributed by atoms with Gasteiger partial charge in [-0.3, -0.25) is 14.4 Å². The lowest BCUT2D eigenvalue weighted by Crippen LogP contribution is -2.30. The molecule has 0 rings (SSSR count). The minimum Gasteiger partial charge on any atom is -0.462 e. The maximum Gasteiger partial charge on any atom is 0.306 e. The quantitative estimate of drug-likeness (QED) is 0.0262. The molecule has 0 aliphatic carbocycles. The SMILES string of the molecule is CC/C=C\C/C=C\C/C=C\C/C=C\C/C=C\C/C=C\C/C=C\CCCC(=O)OCC(COC(=O)CCCCCCCCCCCC)OC(=O)CCCCCCCCCCCCCCCCCCC. The third kappa shape index (κ3) is 53.5.